The molecule has 105 valence electrons. The Labute approximate surface area is 124 Å². The van der Waals surface area contributed by atoms with Crippen LogP contribution in [0.4, 0.5) is 4.39 Å². The minimum atomic E-state index is -0.236. The summed E-state index contributed by atoms with van der Waals surface area (Å²) in [4.78, 5) is 0. The number of rotatable bonds is 4. The summed E-state index contributed by atoms with van der Waals surface area (Å²) in [5.41, 5.74) is 2.48. The van der Waals surface area contributed by atoms with E-state index in [1.165, 1.54) is 6.07 Å². The van der Waals surface area contributed by atoms with Gasteiger partial charge in [0.25, 0.3) is 0 Å². The molecule has 2 aromatic rings. The molecule has 0 atom stereocenters. The predicted molar refractivity (Wildman–Crippen MR) is 83.5 cm³/mol. The van der Waals surface area contributed by atoms with Gasteiger partial charge in [-0.1, -0.05) is 54.6 Å². The minimum Gasteiger partial charge on any atom is -0.488 e. The van der Waals surface area contributed by atoms with Crippen LogP contribution in [0, 0.1) is 12.2 Å². The highest BCUT2D eigenvalue weighted by Gasteiger charge is 2.10. The molecule has 1 aliphatic rings. The molecule has 0 aromatic heterocycles. The van der Waals surface area contributed by atoms with E-state index in [1.807, 2.05) is 42.5 Å². The van der Waals surface area contributed by atoms with Gasteiger partial charge in [-0.2, -0.15) is 0 Å². The van der Waals surface area contributed by atoms with Gasteiger partial charge < -0.3 is 4.74 Å². The van der Waals surface area contributed by atoms with E-state index in [1.54, 1.807) is 12.1 Å². The third-order valence-corrected chi connectivity index (χ3v) is 3.41. The lowest BCUT2D eigenvalue weighted by Crippen LogP contribution is -2.02. The van der Waals surface area contributed by atoms with Gasteiger partial charge in [0, 0.05) is 11.1 Å². The van der Waals surface area contributed by atoms with Gasteiger partial charge >= 0.3 is 0 Å². The number of hydrogen-bond donors (Lipinski definition) is 0. The van der Waals surface area contributed by atoms with Gasteiger partial charge in [0.15, 0.2) is 0 Å². The summed E-state index contributed by atoms with van der Waals surface area (Å²) >= 11 is 0. The molecule has 0 saturated carbocycles. The molecule has 0 spiro atoms. The number of allylic oxidation sites excluding steroid dienone is 2. The standard InChI is InChI=1S/C19H16FO/c20-18-12-6-4-10-16(18)17-11-5-7-13-19(17)21-14-15-8-2-1-3-9-15/h1-2,4-13H,3,14H2. The predicted octanol–water partition coefficient (Wildman–Crippen LogP) is 4.96. The molecule has 2 aromatic carbocycles. The van der Waals surface area contributed by atoms with Crippen LogP contribution in [0.5, 0.6) is 5.75 Å². The smallest absolute Gasteiger partial charge is 0.131 e. The lowest BCUT2D eigenvalue weighted by Gasteiger charge is -2.13. The lowest BCUT2D eigenvalue weighted by molar-refractivity contribution is 0.356. The molecule has 21 heavy (non-hydrogen) atoms. The zero-order valence-electron chi connectivity index (χ0n) is 11.6. The third kappa shape index (κ3) is 3.22. The molecule has 0 saturated heterocycles. The number of para-hydroxylation sites is 1. The molecule has 0 unspecified atom stereocenters. The van der Waals surface area contributed by atoms with Crippen molar-refractivity contribution < 1.29 is 9.13 Å². The van der Waals surface area contributed by atoms with Crippen molar-refractivity contribution in [3.63, 3.8) is 0 Å². The highest BCUT2D eigenvalue weighted by molar-refractivity contribution is 5.70. The van der Waals surface area contributed by atoms with Crippen LogP contribution in [0.25, 0.3) is 11.1 Å². The molecule has 3 rings (SSSR count). The van der Waals surface area contributed by atoms with E-state index >= 15 is 0 Å². The maximum atomic E-state index is 14.0. The molecule has 1 nitrogen and oxygen atoms in total. The van der Waals surface area contributed by atoms with Gasteiger partial charge in [0.2, 0.25) is 0 Å². The van der Waals surface area contributed by atoms with Gasteiger partial charge in [-0.3, -0.25) is 0 Å². The van der Waals surface area contributed by atoms with Crippen LogP contribution in [-0.4, -0.2) is 6.61 Å². The highest BCUT2D eigenvalue weighted by atomic mass is 19.1. The average molecular weight is 279 g/mol. The number of benzene rings is 2. The summed E-state index contributed by atoms with van der Waals surface area (Å²) in [5.74, 6) is 0.464. The number of hydrogen-bond acceptors (Lipinski definition) is 1. The van der Waals surface area contributed by atoms with Gasteiger partial charge in [0.05, 0.1) is 0 Å². The van der Waals surface area contributed by atoms with E-state index in [0.717, 1.165) is 17.6 Å². The summed E-state index contributed by atoms with van der Waals surface area (Å²) in [6, 6.07) is 14.3. The van der Waals surface area contributed by atoms with Crippen molar-refractivity contribution in [2.45, 2.75) is 6.42 Å². The molecule has 0 amide bonds. The van der Waals surface area contributed by atoms with Crippen LogP contribution in [0.2, 0.25) is 0 Å². The van der Waals surface area contributed by atoms with E-state index in [9.17, 15) is 4.39 Å². The van der Waals surface area contributed by atoms with Crippen molar-refractivity contribution >= 4 is 0 Å². The molecule has 0 bridgehead atoms. The van der Waals surface area contributed by atoms with Crippen molar-refractivity contribution in [1.82, 2.24) is 0 Å². The second-order valence-corrected chi connectivity index (χ2v) is 4.87. The zero-order chi connectivity index (χ0) is 14.5. The van der Waals surface area contributed by atoms with Crippen molar-refractivity contribution in [3.8, 4) is 16.9 Å². The average Bonchev–Trinajstić information content (AvgIpc) is 2.55. The topological polar surface area (TPSA) is 9.23 Å². The second-order valence-electron chi connectivity index (χ2n) is 4.87. The van der Waals surface area contributed by atoms with Crippen molar-refractivity contribution in [2.75, 3.05) is 6.61 Å². The van der Waals surface area contributed by atoms with Crippen LogP contribution in [0.1, 0.15) is 6.42 Å². The normalized spacial score (nSPS) is 13.9. The fourth-order valence-corrected chi connectivity index (χ4v) is 2.32. The Bertz CT molecular complexity index is 685. The zero-order valence-corrected chi connectivity index (χ0v) is 11.6. The maximum absolute atomic E-state index is 14.0. The molecule has 1 radical (unpaired) electrons. The van der Waals surface area contributed by atoms with Crippen LogP contribution in [0.3, 0.4) is 0 Å². The largest absolute Gasteiger partial charge is 0.488 e. The number of halogens is 1. The highest BCUT2D eigenvalue weighted by Crippen LogP contribution is 2.31. The van der Waals surface area contributed by atoms with E-state index in [0.29, 0.717) is 17.9 Å². The summed E-state index contributed by atoms with van der Waals surface area (Å²) in [6.45, 7) is 0.496. The van der Waals surface area contributed by atoms with Gasteiger partial charge in [-0.15, -0.1) is 0 Å². The van der Waals surface area contributed by atoms with Crippen molar-refractivity contribution in [1.29, 1.82) is 0 Å². The molecule has 1 aliphatic carbocycles. The summed E-state index contributed by atoms with van der Waals surface area (Å²) < 4.78 is 19.9. The summed E-state index contributed by atoms with van der Waals surface area (Å²) in [5, 5.41) is 0. The van der Waals surface area contributed by atoms with E-state index in [4.69, 9.17) is 4.74 Å². The Morgan fingerprint density at radius 3 is 2.48 bits per heavy atom. The Morgan fingerprint density at radius 1 is 0.952 bits per heavy atom. The Balaban J connectivity index is 1.85. The van der Waals surface area contributed by atoms with Crippen LogP contribution >= 0.6 is 0 Å². The SMILES string of the molecule is Fc1ccccc1-c1ccccc1OCC1=CC[CH]C=C1. The van der Waals surface area contributed by atoms with Crippen LogP contribution in [0.15, 0.2) is 72.3 Å². The Morgan fingerprint density at radius 2 is 1.71 bits per heavy atom. The van der Waals surface area contributed by atoms with Crippen molar-refractivity contribution in [3.05, 3.63) is 84.6 Å². The van der Waals surface area contributed by atoms with E-state index in [-0.39, 0.29) is 5.82 Å². The monoisotopic (exact) mass is 279 g/mol. The second kappa shape index (κ2) is 6.40. The fraction of sp³-hybridized carbons (Fsp3) is 0.105. The van der Waals surface area contributed by atoms with Gasteiger partial charge in [-0.05, 0) is 30.5 Å². The van der Waals surface area contributed by atoms with Crippen molar-refractivity contribution in [2.24, 2.45) is 0 Å². The molecule has 0 N–H and O–H groups in total. The molecule has 0 aliphatic heterocycles. The molecular weight excluding hydrogens is 263 g/mol. The number of ether oxygens (including phenoxy) is 1. The summed E-state index contributed by atoms with van der Waals surface area (Å²) in [7, 11) is 0. The first-order chi connectivity index (χ1) is 10.3. The van der Waals surface area contributed by atoms with Crippen LogP contribution in [-0.2, 0) is 0 Å². The van der Waals surface area contributed by atoms with Gasteiger partial charge in [0.1, 0.15) is 18.2 Å². The first-order valence-corrected chi connectivity index (χ1v) is 7.00. The van der Waals surface area contributed by atoms with E-state index < -0.39 is 0 Å². The molecule has 0 heterocycles. The molecule has 2 heteroatoms. The quantitative estimate of drug-likeness (QED) is 0.768. The van der Waals surface area contributed by atoms with E-state index in [2.05, 4.69) is 12.5 Å². The first kappa shape index (κ1) is 13.6. The lowest BCUT2D eigenvalue weighted by atomic mass is 10.0. The third-order valence-electron chi connectivity index (χ3n) is 3.41. The minimum absolute atomic E-state index is 0.236. The molecule has 0 fully saturated rings. The van der Waals surface area contributed by atoms with Crippen LogP contribution < -0.4 is 4.74 Å². The molecular formula is C19H16FO. The fourth-order valence-electron chi connectivity index (χ4n) is 2.32. The Hall–Kier alpha value is -2.35. The summed E-state index contributed by atoms with van der Waals surface area (Å²) in [6.07, 6.45) is 9.23. The maximum Gasteiger partial charge on any atom is 0.131 e. The van der Waals surface area contributed by atoms with Gasteiger partial charge in [-0.25, -0.2) is 4.39 Å². The first-order valence-electron chi connectivity index (χ1n) is 7.00. The Kier molecular flexibility index (Phi) is 4.15.